The lowest BCUT2D eigenvalue weighted by Crippen LogP contribution is -2.59. The molecule has 1 aromatic rings. The lowest BCUT2D eigenvalue weighted by atomic mass is 10.1. The van der Waals surface area contributed by atoms with Crippen molar-refractivity contribution in [3.63, 3.8) is 0 Å². The Bertz CT molecular complexity index is 807. The lowest BCUT2D eigenvalue weighted by Gasteiger charge is -2.37. The highest BCUT2D eigenvalue weighted by Gasteiger charge is 2.44. The number of nitrogens with one attached hydrogen (secondary N) is 1. The third kappa shape index (κ3) is 3.77. The maximum absolute atomic E-state index is 12.5. The van der Waals surface area contributed by atoms with Crippen molar-refractivity contribution < 1.29 is 27.9 Å². The topological polar surface area (TPSA) is 113 Å². The molecule has 9 heteroatoms. The predicted molar refractivity (Wildman–Crippen MR) is 89.6 cm³/mol. The Balaban J connectivity index is 1.68. The van der Waals surface area contributed by atoms with Crippen LogP contribution in [0, 0.1) is 6.92 Å². The average Bonchev–Trinajstić information content (AvgIpc) is 2.87. The summed E-state index contributed by atoms with van der Waals surface area (Å²) < 4.78 is 29.2. The monoisotopic (exact) mass is 368 g/mol. The number of piperazine rings is 1. The number of sulfone groups is 1. The van der Waals surface area contributed by atoms with Gasteiger partial charge in [0.1, 0.15) is 5.75 Å². The van der Waals surface area contributed by atoms with Crippen molar-refractivity contribution in [1.82, 2.24) is 10.2 Å². The predicted octanol–water partition coefficient (Wildman–Crippen LogP) is -0.331. The quantitative estimate of drug-likeness (QED) is 0.748. The summed E-state index contributed by atoms with van der Waals surface area (Å²) in [6, 6.07) is 3.86. The second kappa shape index (κ2) is 6.64. The zero-order valence-corrected chi connectivity index (χ0v) is 14.6. The Morgan fingerprint density at radius 3 is 2.84 bits per heavy atom. The summed E-state index contributed by atoms with van der Waals surface area (Å²) in [5.41, 5.74) is 0.802. The number of rotatable bonds is 4. The third-order valence-corrected chi connectivity index (χ3v) is 6.31. The van der Waals surface area contributed by atoms with Crippen LogP contribution in [0.5, 0.6) is 5.75 Å². The number of carboxylic acid groups (broad SMARTS) is 1. The molecule has 8 nitrogen and oxygen atoms in total. The zero-order chi connectivity index (χ0) is 18.2. The number of amides is 1. The van der Waals surface area contributed by atoms with Gasteiger partial charge in [-0.1, -0.05) is 6.07 Å². The first-order valence-electron chi connectivity index (χ1n) is 7.97. The van der Waals surface area contributed by atoms with Crippen LogP contribution in [0.2, 0.25) is 0 Å². The number of ether oxygens (including phenoxy) is 1. The van der Waals surface area contributed by atoms with Crippen LogP contribution < -0.4 is 10.1 Å². The van der Waals surface area contributed by atoms with Crippen molar-refractivity contribution in [3.8, 4) is 5.75 Å². The van der Waals surface area contributed by atoms with E-state index in [4.69, 9.17) is 9.84 Å². The molecule has 0 aliphatic carbocycles. The highest BCUT2D eigenvalue weighted by molar-refractivity contribution is 7.91. The minimum absolute atomic E-state index is 0.0378. The molecule has 2 heterocycles. The van der Waals surface area contributed by atoms with E-state index in [2.05, 4.69) is 5.32 Å². The number of carbonyl (C=O) groups is 2. The van der Waals surface area contributed by atoms with Gasteiger partial charge in [-0.05, 0) is 24.6 Å². The van der Waals surface area contributed by atoms with Crippen LogP contribution in [-0.2, 0) is 14.6 Å². The average molecular weight is 368 g/mol. The van der Waals surface area contributed by atoms with Crippen molar-refractivity contribution in [2.75, 3.05) is 31.2 Å². The molecule has 0 radical (unpaired) electrons. The maximum atomic E-state index is 12.5. The van der Waals surface area contributed by atoms with Crippen LogP contribution in [0.3, 0.4) is 0 Å². The largest absolute Gasteiger partial charge is 0.483 e. The number of hydrogen-bond acceptors (Lipinski definition) is 6. The molecular formula is C16H20N2O6S. The molecule has 0 aromatic heterocycles. The van der Waals surface area contributed by atoms with Gasteiger partial charge >= 0.3 is 5.97 Å². The Morgan fingerprint density at radius 2 is 2.12 bits per heavy atom. The Labute approximate surface area is 145 Å². The van der Waals surface area contributed by atoms with E-state index in [-0.39, 0.29) is 41.7 Å². The van der Waals surface area contributed by atoms with Crippen molar-refractivity contribution in [1.29, 1.82) is 0 Å². The molecule has 2 fully saturated rings. The number of fused-ring (bicyclic) bond motifs is 1. The van der Waals surface area contributed by atoms with E-state index < -0.39 is 15.8 Å². The molecule has 0 unspecified atom stereocenters. The minimum Gasteiger partial charge on any atom is -0.483 e. The molecule has 25 heavy (non-hydrogen) atoms. The zero-order valence-electron chi connectivity index (χ0n) is 13.8. The van der Waals surface area contributed by atoms with Crippen molar-refractivity contribution in [3.05, 3.63) is 29.3 Å². The number of nitrogens with zero attached hydrogens (tertiary/aromatic N) is 1. The molecule has 0 bridgehead atoms. The first kappa shape index (κ1) is 17.7. The van der Waals surface area contributed by atoms with Crippen molar-refractivity contribution in [2.24, 2.45) is 0 Å². The smallest absolute Gasteiger partial charge is 0.335 e. The maximum Gasteiger partial charge on any atom is 0.335 e. The van der Waals surface area contributed by atoms with Gasteiger partial charge in [0.05, 0.1) is 23.1 Å². The third-order valence-electron chi connectivity index (χ3n) is 4.59. The van der Waals surface area contributed by atoms with Gasteiger partial charge in [-0.3, -0.25) is 4.79 Å². The number of benzene rings is 1. The van der Waals surface area contributed by atoms with Crippen LogP contribution in [-0.4, -0.2) is 73.6 Å². The van der Waals surface area contributed by atoms with Gasteiger partial charge in [0.15, 0.2) is 16.4 Å². The highest BCUT2D eigenvalue weighted by atomic mass is 32.2. The molecule has 3 rings (SSSR count). The molecule has 0 spiro atoms. The SMILES string of the molecule is Cc1ccc(C(=O)O)cc1OCC(=O)N1CCN[C@H]2CS(=O)(=O)C[C@H]21. The number of hydrogen-bond donors (Lipinski definition) is 2. The summed E-state index contributed by atoms with van der Waals surface area (Å²) in [5, 5.41) is 12.2. The molecule has 136 valence electrons. The van der Waals surface area contributed by atoms with Crippen LogP contribution in [0.25, 0.3) is 0 Å². The number of carbonyl (C=O) groups excluding carboxylic acids is 1. The molecule has 2 N–H and O–H groups in total. The molecular weight excluding hydrogens is 348 g/mol. The number of aromatic carboxylic acids is 1. The van der Waals surface area contributed by atoms with Crippen LogP contribution in [0.1, 0.15) is 15.9 Å². The van der Waals surface area contributed by atoms with E-state index in [9.17, 15) is 18.0 Å². The van der Waals surface area contributed by atoms with Gasteiger partial charge in [0.25, 0.3) is 5.91 Å². The molecule has 1 amide bonds. The van der Waals surface area contributed by atoms with E-state index in [0.29, 0.717) is 18.8 Å². The summed E-state index contributed by atoms with van der Waals surface area (Å²) in [5.74, 6) is -1.03. The van der Waals surface area contributed by atoms with Crippen molar-refractivity contribution >= 4 is 21.7 Å². The highest BCUT2D eigenvalue weighted by Crippen LogP contribution is 2.23. The van der Waals surface area contributed by atoms with Crippen molar-refractivity contribution in [2.45, 2.75) is 19.0 Å². The molecule has 2 saturated heterocycles. The summed E-state index contributed by atoms with van der Waals surface area (Å²) in [6.07, 6.45) is 0. The first-order valence-corrected chi connectivity index (χ1v) is 9.79. The normalized spacial score (nSPS) is 24.6. The van der Waals surface area contributed by atoms with Crippen LogP contribution in [0.4, 0.5) is 0 Å². The number of carboxylic acids is 1. The Morgan fingerprint density at radius 1 is 1.36 bits per heavy atom. The second-order valence-corrected chi connectivity index (χ2v) is 8.52. The summed E-state index contributed by atoms with van der Waals surface area (Å²) >= 11 is 0. The van der Waals surface area contributed by atoms with E-state index >= 15 is 0 Å². The summed E-state index contributed by atoms with van der Waals surface area (Å²) in [7, 11) is -3.15. The molecule has 2 aliphatic rings. The van der Waals surface area contributed by atoms with Gasteiger partial charge < -0.3 is 20.1 Å². The van der Waals surface area contributed by atoms with E-state index in [0.717, 1.165) is 5.56 Å². The van der Waals surface area contributed by atoms with Gasteiger partial charge in [0, 0.05) is 19.1 Å². The molecule has 0 saturated carbocycles. The molecule has 2 atom stereocenters. The fourth-order valence-electron chi connectivity index (χ4n) is 3.29. The van der Waals surface area contributed by atoms with Gasteiger partial charge in [-0.15, -0.1) is 0 Å². The van der Waals surface area contributed by atoms with E-state index in [1.807, 2.05) is 0 Å². The standard InChI is InChI=1S/C16H20N2O6S/c1-10-2-3-11(16(20)21)6-14(10)24-7-15(19)18-5-4-17-12-8-25(22,23)9-13(12)18/h2-3,6,12-13,17H,4-5,7-9H2,1H3,(H,20,21)/t12-,13+/m0/s1. The fourth-order valence-corrected chi connectivity index (χ4v) is 5.24. The molecule has 1 aromatic carbocycles. The van der Waals surface area contributed by atoms with Gasteiger partial charge in [-0.2, -0.15) is 0 Å². The number of aryl methyl sites for hydroxylation is 1. The van der Waals surface area contributed by atoms with Gasteiger partial charge in [0.2, 0.25) is 0 Å². The minimum atomic E-state index is -3.15. The molecule has 2 aliphatic heterocycles. The Hall–Kier alpha value is -2.13. The Kier molecular flexibility index (Phi) is 4.70. The lowest BCUT2D eigenvalue weighted by molar-refractivity contribution is -0.136. The first-order chi connectivity index (χ1) is 11.8. The van der Waals surface area contributed by atoms with E-state index in [1.165, 1.54) is 12.1 Å². The van der Waals surface area contributed by atoms with E-state index in [1.54, 1.807) is 17.9 Å². The van der Waals surface area contributed by atoms with Crippen LogP contribution >= 0.6 is 0 Å². The summed E-state index contributed by atoms with van der Waals surface area (Å²) in [4.78, 5) is 25.1. The van der Waals surface area contributed by atoms with Crippen LogP contribution in [0.15, 0.2) is 18.2 Å². The second-order valence-electron chi connectivity index (χ2n) is 6.37. The summed E-state index contributed by atoms with van der Waals surface area (Å²) in [6.45, 7) is 2.46. The fraction of sp³-hybridized carbons (Fsp3) is 0.500. The van der Waals surface area contributed by atoms with Gasteiger partial charge in [-0.25, -0.2) is 13.2 Å².